The first kappa shape index (κ1) is 36.9. The van der Waals surface area contributed by atoms with Gasteiger partial charge in [0.1, 0.15) is 34.8 Å². The average molecular weight is 779 g/mol. The van der Waals surface area contributed by atoms with Gasteiger partial charge in [-0.15, -0.1) is 0 Å². The summed E-state index contributed by atoms with van der Waals surface area (Å²) in [5, 5.41) is 8.12. The average Bonchev–Trinajstić information content (AvgIpc) is 3.38. The fourth-order valence-electron chi connectivity index (χ4n) is 6.89. The molecule has 1 saturated carbocycles. The Hall–Kier alpha value is -3.88. The van der Waals surface area contributed by atoms with Crippen LogP contribution in [0.2, 0.25) is 18.1 Å². The molecular weight excluding hydrogens is 733 g/mol. The zero-order valence-electron chi connectivity index (χ0n) is 30.8. The van der Waals surface area contributed by atoms with Crippen LogP contribution in [0.25, 0.3) is 22.0 Å². The first-order valence-electron chi connectivity index (χ1n) is 17.2. The van der Waals surface area contributed by atoms with E-state index in [0.717, 1.165) is 23.1 Å². The van der Waals surface area contributed by atoms with Gasteiger partial charge in [-0.3, -0.25) is 19.1 Å². The van der Waals surface area contributed by atoms with Crippen molar-refractivity contribution >= 4 is 58.6 Å². The van der Waals surface area contributed by atoms with E-state index in [1.54, 1.807) is 28.9 Å². The molecule has 1 N–H and O–H groups in total. The zero-order valence-corrected chi connectivity index (χ0v) is 33.4. The van der Waals surface area contributed by atoms with E-state index in [2.05, 4.69) is 82.1 Å². The minimum atomic E-state index is -2.02. The van der Waals surface area contributed by atoms with Crippen molar-refractivity contribution < 1.29 is 23.2 Å². The number of fused-ring (bicyclic) bond motifs is 2. The van der Waals surface area contributed by atoms with Gasteiger partial charge >= 0.3 is 0 Å². The lowest BCUT2D eigenvalue weighted by molar-refractivity contribution is -0.138. The van der Waals surface area contributed by atoms with Gasteiger partial charge in [-0.2, -0.15) is 5.10 Å². The topological polar surface area (TPSA) is 132 Å². The second-order valence-electron chi connectivity index (χ2n) is 15.9. The van der Waals surface area contributed by atoms with E-state index in [9.17, 15) is 18.8 Å². The van der Waals surface area contributed by atoms with E-state index in [-0.39, 0.29) is 62.9 Å². The summed E-state index contributed by atoms with van der Waals surface area (Å²) in [7, 11) is -2.02. The third-order valence-electron chi connectivity index (χ3n) is 10.9. The van der Waals surface area contributed by atoms with E-state index in [4.69, 9.17) is 4.43 Å². The van der Waals surface area contributed by atoms with Crippen molar-refractivity contribution in [3.05, 3.63) is 63.7 Å². The summed E-state index contributed by atoms with van der Waals surface area (Å²) in [5.74, 6) is -0.569. The van der Waals surface area contributed by atoms with Crippen molar-refractivity contribution in [2.45, 2.75) is 111 Å². The summed E-state index contributed by atoms with van der Waals surface area (Å²) >= 11 is 3.08. The summed E-state index contributed by atoms with van der Waals surface area (Å²) in [6, 6.07) is 4.34. The second-order valence-corrected chi connectivity index (χ2v) is 21.4. The normalized spacial score (nSPS) is 20.7. The Balaban J connectivity index is 1.26. The number of Topliss-reactive ketones (excluding diaryl/α,β-unsaturated/α-hetero) is 1. The van der Waals surface area contributed by atoms with Crippen LogP contribution in [0.5, 0.6) is 0 Å². The molecule has 1 saturated heterocycles. The third-order valence-corrected chi connectivity index (χ3v) is 16.0. The third kappa shape index (κ3) is 6.89. The van der Waals surface area contributed by atoms with Gasteiger partial charge in [0.05, 0.1) is 5.52 Å². The van der Waals surface area contributed by atoms with Crippen LogP contribution in [-0.4, -0.2) is 67.6 Å². The van der Waals surface area contributed by atoms with E-state index in [1.807, 2.05) is 26.0 Å². The van der Waals surface area contributed by atoms with Crippen molar-refractivity contribution in [3.63, 3.8) is 0 Å². The minimum absolute atomic E-state index is 0.00578. The van der Waals surface area contributed by atoms with Crippen molar-refractivity contribution in [1.82, 2.24) is 29.6 Å². The molecule has 4 heterocycles. The molecule has 0 spiro atoms. The first-order valence-corrected chi connectivity index (χ1v) is 20.9. The number of pyridine rings is 1. The predicted octanol–water partition coefficient (Wildman–Crippen LogP) is 7.71. The maximum absolute atomic E-state index is 14.1. The SMILES string of the molecule is CC(=O)c1nn(CC(=O)N2[C@H](C(=O)Nc3nc(Br)c(F)cc3C)C[C@@]3(C)C[C@@H]23)c2c(C)cc(-c3cnc(C(C)O[Si](C)(C)C(C)(C)C)nc3)cc12. The van der Waals surface area contributed by atoms with E-state index < -0.39 is 20.2 Å². The van der Waals surface area contributed by atoms with E-state index >= 15 is 0 Å². The number of anilines is 1. The number of aromatic nitrogens is 5. The van der Waals surface area contributed by atoms with Gasteiger partial charge in [-0.1, -0.05) is 27.7 Å². The number of nitrogens with zero attached hydrogens (tertiary/aromatic N) is 6. The fraction of sp³-hybridized carbons (Fsp3) is 0.486. The Bertz CT molecular complexity index is 2080. The van der Waals surface area contributed by atoms with Crippen LogP contribution in [0, 0.1) is 25.1 Å². The molecule has 1 aliphatic heterocycles. The number of carbonyl (C=O) groups is 3. The zero-order chi connectivity index (χ0) is 37.4. The molecule has 1 aliphatic carbocycles. The molecule has 6 rings (SSSR count). The number of ketones is 1. The van der Waals surface area contributed by atoms with Crippen molar-refractivity contribution in [2.24, 2.45) is 5.41 Å². The van der Waals surface area contributed by atoms with Gasteiger partial charge in [0.2, 0.25) is 11.8 Å². The Morgan fingerprint density at radius 2 is 1.76 bits per heavy atom. The number of benzene rings is 1. The molecule has 3 aromatic heterocycles. The molecule has 51 heavy (non-hydrogen) atoms. The maximum atomic E-state index is 14.1. The molecule has 2 aliphatic rings. The number of rotatable bonds is 9. The number of halogens is 2. The highest BCUT2D eigenvalue weighted by atomic mass is 79.9. The molecular formula is C37H45BrFN7O4Si. The van der Waals surface area contributed by atoms with Gasteiger partial charge in [-0.25, -0.2) is 19.3 Å². The molecule has 11 nitrogen and oxygen atoms in total. The number of likely N-dealkylation sites (tertiary alicyclic amines) is 1. The van der Waals surface area contributed by atoms with Gasteiger partial charge < -0.3 is 14.6 Å². The summed E-state index contributed by atoms with van der Waals surface area (Å²) < 4.78 is 22.0. The van der Waals surface area contributed by atoms with E-state index in [1.165, 1.54) is 13.0 Å². The summed E-state index contributed by atoms with van der Waals surface area (Å²) in [6.07, 6.45) is 4.57. The Labute approximate surface area is 307 Å². The highest BCUT2D eigenvalue weighted by Crippen LogP contribution is 2.59. The maximum Gasteiger partial charge on any atom is 0.248 e. The quantitative estimate of drug-likeness (QED) is 0.104. The van der Waals surface area contributed by atoms with Gasteiger partial charge in [0.15, 0.2) is 25.7 Å². The molecule has 270 valence electrons. The Morgan fingerprint density at radius 3 is 2.39 bits per heavy atom. The first-order chi connectivity index (χ1) is 23.7. The molecule has 4 aromatic rings. The number of hydrogen-bond acceptors (Lipinski definition) is 8. The molecule has 14 heteroatoms. The van der Waals surface area contributed by atoms with Crippen LogP contribution in [-0.2, 0) is 20.6 Å². The Kier molecular flexibility index (Phi) is 9.37. The van der Waals surface area contributed by atoms with Gasteiger partial charge in [0, 0.05) is 36.3 Å². The molecule has 4 atom stereocenters. The number of amides is 2. The standard InChI is InChI=1S/C37H45BrFN7O4Si/c1-19-11-23(24-16-40-34(41-17-24)22(4)50-51(9,10)36(5,6)7)13-25-30(21(3)47)44-45(31(19)25)18-29(48)46-27(14-37(8)15-28(37)46)35(49)43-33-20(2)12-26(39)32(38)42-33/h11-13,16-17,22,27-28H,14-15,18H2,1-10H3,(H,42,43,49)/t22?,27-,28+,37-/m0/s1. The number of nitrogens with one attached hydrogen (secondary N) is 1. The van der Waals surface area contributed by atoms with Crippen LogP contribution < -0.4 is 5.32 Å². The second kappa shape index (κ2) is 13.0. The summed E-state index contributed by atoms with van der Waals surface area (Å²) in [4.78, 5) is 55.6. The number of carbonyl (C=O) groups excluding carboxylic acids is 3. The monoisotopic (exact) mass is 777 g/mol. The smallest absolute Gasteiger partial charge is 0.248 e. The van der Waals surface area contributed by atoms with Crippen LogP contribution in [0.4, 0.5) is 10.2 Å². The molecule has 0 bridgehead atoms. The lowest BCUT2D eigenvalue weighted by Gasteiger charge is -2.38. The minimum Gasteiger partial charge on any atom is -0.407 e. The highest BCUT2D eigenvalue weighted by Gasteiger charge is 2.64. The molecule has 1 aromatic carbocycles. The highest BCUT2D eigenvalue weighted by molar-refractivity contribution is 9.10. The van der Waals surface area contributed by atoms with Crippen molar-refractivity contribution in [1.29, 1.82) is 0 Å². The summed E-state index contributed by atoms with van der Waals surface area (Å²) in [5.41, 5.74) is 3.64. The lowest BCUT2D eigenvalue weighted by Crippen LogP contribution is -2.47. The van der Waals surface area contributed by atoms with Crippen molar-refractivity contribution in [2.75, 3.05) is 5.32 Å². The van der Waals surface area contributed by atoms with Crippen molar-refractivity contribution in [3.8, 4) is 11.1 Å². The van der Waals surface area contributed by atoms with Crippen LogP contribution >= 0.6 is 15.9 Å². The number of aryl methyl sites for hydroxylation is 2. The van der Waals surface area contributed by atoms with Crippen LogP contribution in [0.15, 0.2) is 35.2 Å². The van der Waals surface area contributed by atoms with Crippen LogP contribution in [0.1, 0.15) is 87.9 Å². The molecule has 0 radical (unpaired) electrons. The van der Waals surface area contributed by atoms with Gasteiger partial charge in [0.25, 0.3) is 0 Å². The van der Waals surface area contributed by atoms with Crippen LogP contribution in [0.3, 0.4) is 0 Å². The largest absolute Gasteiger partial charge is 0.407 e. The lowest BCUT2D eigenvalue weighted by atomic mass is 10.0. The van der Waals surface area contributed by atoms with E-state index in [0.29, 0.717) is 28.7 Å². The number of hydrogen-bond donors (Lipinski definition) is 1. The predicted molar refractivity (Wildman–Crippen MR) is 199 cm³/mol. The molecule has 2 amide bonds. The summed E-state index contributed by atoms with van der Waals surface area (Å²) in [6.45, 7) is 19.9. The number of piperidine rings is 1. The molecule has 2 fully saturated rings. The molecule has 1 unspecified atom stereocenters. The fourth-order valence-corrected chi connectivity index (χ4v) is 8.53. The Morgan fingerprint density at radius 1 is 1.10 bits per heavy atom. The van der Waals surface area contributed by atoms with Gasteiger partial charge in [-0.05, 0) is 108 Å².